The lowest BCUT2D eigenvalue weighted by molar-refractivity contribution is -0.159. The summed E-state index contributed by atoms with van der Waals surface area (Å²) >= 11 is 1.52. The van der Waals surface area contributed by atoms with Crippen LogP contribution in [0.2, 0.25) is 0 Å². The number of esters is 1. The molecule has 1 aliphatic carbocycles. The van der Waals surface area contributed by atoms with E-state index in [1.54, 1.807) is 18.3 Å². The number of benzene rings is 1. The molecule has 74 heavy (non-hydrogen) atoms. The van der Waals surface area contributed by atoms with Crippen molar-refractivity contribution in [3.05, 3.63) is 82.5 Å². The van der Waals surface area contributed by atoms with Gasteiger partial charge in [-0.2, -0.15) is 0 Å². The van der Waals surface area contributed by atoms with E-state index in [2.05, 4.69) is 106 Å². The molecule has 5 aliphatic heterocycles. The first-order valence-corrected chi connectivity index (χ1v) is 27.5. The molecule has 4 saturated heterocycles. The maximum absolute atomic E-state index is 15.4. The Morgan fingerprint density at radius 2 is 1.91 bits per heavy atom. The molecule has 1 aromatic carbocycles. The molecule has 0 unspecified atom stereocenters. The van der Waals surface area contributed by atoms with E-state index in [0.717, 1.165) is 94.3 Å². The number of hydrazine groups is 1. The second-order valence-electron chi connectivity index (χ2n) is 23.2. The molecule has 5 fully saturated rings. The molecule has 2 N–H and O–H groups in total. The Morgan fingerprint density at radius 3 is 2.65 bits per heavy atom. The van der Waals surface area contributed by atoms with Gasteiger partial charge in [0.2, 0.25) is 5.91 Å². The van der Waals surface area contributed by atoms with E-state index in [1.807, 2.05) is 25.3 Å². The summed E-state index contributed by atoms with van der Waals surface area (Å²) in [4.78, 5) is 68.2. The molecule has 0 radical (unpaired) electrons. The number of pyridine rings is 1. The van der Waals surface area contributed by atoms with Crippen molar-refractivity contribution in [1.82, 2.24) is 50.1 Å². The normalized spacial score (nSPS) is 28.2. The smallest absolute Gasteiger partial charge is 0.324 e. The minimum absolute atomic E-state index is 0.00671. The lowest BCUT2D eigenvalue weighted by Gasteiger charge is -2.63. The molecule has 6 bridgehead atoms. The number of hydrogen-bond donors (Lipinski definition) is 2. The van der Waals surface area contributed by atoms with E-state index in [9.17, 15) is 9.59 Å². The van der Waals surface area contributed by atoms with Crippen LogP contribution >= 0.6 is 11.3 Å². The fourth-order valence-electron chi connectivity index (χ4n) is 12.5. The number of rotatable bonds is 11. The predicted molar refractivity (Wildman–Crippen MR) is 281 cm³/mol. The number of likely N-dealkylation sites (N-methyl/N-ethyl adjacent to an activating group) is 1. The third-order valence-electron chi connectivity index (χ3n) is 17.0. The van der Waals surface area contributed by atoms with Crippen molar-refractivity contribution in [1.29, 1.82) is 0 Å². The van der Waals surface area contributed by atoms with Crippen LogP contribution in [0.15, 0.2) is 60.5 Å². The fourth-order valence-corrected chi connectivity index (χ4v) is 13.5. The summed E-state index contributed by atoms with van der Waals surface area (Å²) in [6.45, 7) is 17.3. The number of nitrogens with one attached hydrogen (secondary N) is 2. The molecular weight excluding hydrogens is 957 g/mol. The number of methoxy groups -OCH3 is 1. The number of carbonyl (C=O) groups excluding carboxylic acids is 3. The van der Waals surface area contributed by atoms with Crippen molar-refractivity contribution in [2.24, 2.45) is 17.3 Å². The zero-order valence-electron chi connectivity index (χ0n) is 44.1. The van der Waals surface area contributed by atoms with E-state index < -0.39 is 29.5 Å². The maximum Gasteiger partial charge on any atom is 0.324 e. The van der Waals surface area contributed by atoms with Gasteiger partial charge in [-0.05, 0) is 102 Å². The number of cyclic esters (lactones) is 1. The summed E-state index contributed by atoms with van der Waals surface area (Å²) in [7, 11) is 3.87. The van der Waals surface area contributed by atoms with E-state index in [1.165, 1.54) is 17.7 Å². The van der Waals surface area contributed by atoms with Gasteiger partial charge < -0.3 is 28.8 Å². The standard InChI is InChI=1S/C56H72N10O7S/c1-33-44(40-15-19-57-32-59-40)45(33)50(67)61-47-49(64-29-56(30-64)17-21-63(56)7)51-60-42(28-74-51)35-13-14-43-38(25-35)39(27-54(3,4)31-72-53(69)41-12-10-20-66(62-41)52(47)68)48(37-11-9-18-58-46(37)34(2)70-8)65(43)22-24-71-36-16-23-73-55(5,6)26-36/h9,11,13-15,18-19,25,28,32-34,36,41,44-45,47,49,62H,10,12,16-17,20-24,26-27,29-31H2,1-8H3,(H,61,67)/t33-,34-,36-,41-,44-,45+,47-,49-/m0/s1. The third-order valence-corrected chi connectivity index (χ3v) is 17.9. The number of nitrogens with zero attached hydrogens (tertiary/aromatic N) is 8. The van der Waals surface area contributed by atoms with E-state index in [4.69, 9.17) is 28.9 Å². The van der Waals surface area contributed by atoms with Crippen molar-refractivity contribution >= 4 is 40.0 Å². The topological polar surface area (TPSA) is 178 Å². The molecule has 1 spiro atoms. The first kappa shape index (κ1) is 50.9. The molecule has 2 amide bonds. The highest BCUT2D eigenvalue weighted by atomic mass is 32.1. The van der Waals surface area contributed by atoms with Crippen LogP contribution in [-0.2, 0) is 46.3 Å². The quantitative estimate of drug-likeness (QED) is 0.131. The number of carbonyl (C=O) groups is 3. The summed E-state index contributed by atoms with van der Waals surface area (Å²) in [5.41, 5.74) is 9.99. The van der Waals surface area contributed by atoms with Gasteiger partial charge in [0.15, 0.2) is 0 Å². The summed E-state index contributed by atoms with van der Waals surface area (Å²) in [6, 6.07) is 10.2. The van der Waals surface area contributed by atoms with Gasteiger partial charge in [0.25, 0.3) is 5.91 Å². The number of likely N-dealkylation sites (tertiary alicyclic amines) is 2. The number of amides is 2. The largest absolute Gasteiger partial charge is 0.464 e. The molecule has 11 rings (SSSR count). The average molecular weight is 1030 g/mol. The Bertz CT molecular complexity index is 2900. The van der Waals surface area contributed by atoms with Crippen LogP contribution in [0, 0.1) is 17.3 Å². The zero-order chi connectivity index (χ0) is 51.7. The lowest BCUT2D eigenvalue weighted by Crippen LogP contribution is -2.77. The maximum atomic E-state index is 15.4. The molecule has 9 heterocycles. The number of fused-ring (bicyclic) bond motifs is 6. The number of aromatic nitrogens is 5. The molecule has 394 valence electrons. The minimum atomic E-state index is -1.02. The van der Waals surface area contributed by atoms with Gasteiger partial charge in [0.05, 0.1) is 54.1 Å². The Morgan fingerprint density at radius 1 is 1.07 bits per heavy atom. The Labute approximate surface area is 438 Å². The van der Waals surface area contributed by atoms with Crippen LogP contribution in [0.25, 0.3) is 33.4 Å². The Balaban J connectivity index is 1.03. The van der Waals surface area contributed by atoms with Gasteiger partial charge in [-0.15, -0.1) is 11.3 Å². The van der Waals surface area contributed by atoms with Crippen molar-refractivity contribution in [3.8, 4) is 22.5 Å². The van der Waals surface area contributed by atoms with Crippen molar-refractivity contribution < 1.29 is 33.3 Å². The summed E-state index contributed by atoms with van der Waals surface area (Å²) in [6.07, 6.45) is 9.17. The SMILES string of the molecule is CO[C@@H](C)c1ncccc1-c1c2c3cc(ccc3n1CCO[C@H]1CCOC(C)(C)C1)-c1csc(n1)[C@@H](N1CC3(CCN3C)C1)[C@H](NC(=O)[C@@H]1[C@@H](C)[C@H]1c1ccncn1)C(=O)N1CCC[C@H](N1)C(=O)OCC(C)(C)C2. The number of hydrogen-bond acceptors (Lipinski definition) is 15. The second-order valence-corrected chi connectivity index (χ2v) is 24.1. The van der Waals surface area contributed by atoms with E-state index in [-0.39, 0.29) is 59.5 Å². The van der Waals surface area contributed by atoms with Gasteiger partial charge in [-0.1, -0.05) is 26.8 Å². The van der Waals surface area contributed by atoms with Crippen molar-refractivity contribution in [2.75, 3.05) is 60.2 Å². The van der Waals surface area contributed by atoms with Crippen LogP contribution < -0.4 is 10.7 Å². The molecule has 8 atom stereocenters. The monoisotopic (exact) mass is 1030 g/mol. The van der Waals surface area contributed by atoms with Crippen LogP contribution in [0.4, 0.5) is 0 Å². The molecule has 6 aliphatic rings. The van der Waals surface area contributed by atoms with Gasteiger partial charge in [0.1, 0.15) is 23.4 Å². The molecular formula is C56H72N10O7S. The molecule has 5 aromatic rings. The fraction of sp³-hybridized carbons (Fsp3) is 0.589. The first-order chi connectivity index (χ1) is 35.5. The van der Waals surface area contributed by atoms with Gasteiger partial charge >= 0.3 is 5.97 Å². The van der Waals surface area contributed by atoms with E-state index in [0.29, 0.717) is 45.6 Å². The molecule has 17 nitrogen and oxygen atoms in total. The Kier molecular flexibility index (Phi) is 13.8. The highest BCUT2D eigenvalue weighted by molar-refractivity contribution is 7.10. The summed E-state index contributed by atoms with van der Waals surface area (Å²) in [5.74, 6) is -1.38. The summed E-state index contributed by atoms with van der Waals surface area (Å²) < 4.78 is 27.4. The second kappa shape index (κ2) is 20.1. The zero-order valence-corrected chi connectivity index (χ0v) is 45.0. The third kappa shape index (κ3) is 9.68. The number of ether oxygens (including phenoxy) is 4. The first-order valence-electron chi connectivity index (χ1n) is 26.6. The molecule has 4 aromatic heterocycles. The van der Waals surface area contributed by atoms with Gasteiger partial charge in [-0.3, -0.25) is 34.2 Å². The van der Waals surface area contributed by atoms with Crippen LogP contribution in [-0.4, -0.2) is 147 Å². The van der Waals surface area contributed by atoms with E-state index >= 15 is 4.79 Å². The highest BCUT2D eigenvalue weighted by Crippen LogP contribution is 2.53. The van der Waals surface area contributed by atoms with Crippen LogP contribution in [0.1, 0.15) is 114 Å². The van der Waals surface area contributed by atoms with Crippen molar-refractivity contribution in [3.63, 3.8) is 0 Å². The average Bonchev–Trinajstić information content (AvgIpc) is 3.67. The van der Waals surface area contributed by atoms with Crippen LogP contribution in [0.5, 0.6) is 0 Å². The van der Waals surface area contributed by atoms with Gasteiger partial charge in [0, 0.05) is 121 Å². The molecule has 18 heteroatoms. The minimum Gasteiger partial charge on any atom is -0.464 e. The lowest BCUT2D eigenvalue weighted by atomic mass is 9.76. The summed E-state index contributed by atoms with van der Waals surface area (Å²) in [5, 5.41) is 8.76. The predicted octanol–water partition coefficient (Wildman–Crippen LogP) is 6.89. The highest BCUT2D eigenvalue weighted by Gasteiger charge is 2.58. The van der Waals surface area contributed by atoms with Crippen LogP contribution in [0.3, 0.4) is 0 Å². The van der Waals surface area contributed by atoms with Crippen molar-refractivity contribution in [2.45, 2.75) is 134 Å². The Hall–Kier alpha value is -5.21. The van der Waals surface area contributed by atoms with Gasteiger partial charge in [-0.25, -0.2) is 20.4 Å². The molecule has 1 saturated carbocycles. The number of thiazole rings is 1.